The molecule has 0 saturated carbocycles. The highest BCUT2D eigenvalue weighted by Crippen LogP contribution is 2.35. The second-order valence-electron chi connectivity index (χ2n) is 4.07. The summed E-state index contributed by atoms with van der Waals surface area (Å²) >= 11 is 0. The number of likely N-dealkylation sites (N-methyl/N-ethyl adjacent to an activating group) is 1. The number of hydrogen-bond acceptors (Lipinski definition) is 1. The third kappa shape index (κ3) is 1.55. The van der Waals surface area contributed by atoms with Crippen LogP contribution in [0.4, 0.5) is 4.39 Å². The molecule has 0 heterocycles. The molecule has 1 nitrogen and oxygen atoms in total. The summed E-state index contributed by atoms with van der Waals surface area (Å²) in [5.74, 6) is 0.442. The van der Waals surface area contributed by atoms with Crippen LogP contribution in [-0.4, -0.2) is 13.1 Å². The molecule has 2 rings (SSSR count). The van der Waals surface area contributed by atoms with E-state index in [-0.39, 0.29) is 5.82 Å². The molecule has 14 heavy (non-hydrogen) atoms. The molecule has 0 saturated heterocycles. The van der Waals surface area contributed by atoms with Gasteiger partial charge < -0.3 is 5.32 Å². The smallest absolute Gasteiger partial charge is 0.123 e. The van der Waals surface area contributed by atoms with Gasteiger partial charge in [0, 0.05) is 6.04 Å². The number of halogens is 1. The number of rotatable bonds is 2. The van der Waals surface area contributed by atoms with Crippen molar-refractivity contribution >= 4 is 0 Å². The van der Waals surface area contributed by atoms with Crippen molar-refractivity contribution in [2.45, 2.75) is 31.7 Å². The van der Waals surface area contributed by atoms with Crippen LogP contribution in [0.25, 0.3) is 0 Å². The molecule has 1 aromatic carbocycles. The monoisotopic (exact) mass is 193 g/mol. The Labute approximate surface area is 84.3 Å². The Balaban J connectivity index is 2.31. The molecule has 1 aliphatic rings. The second-order valence-corrected chi connectivity index (χ2v) is 4.07. The molecule has 0 amide bonds. The lowest BCUT2D eigenvalue weighted by molar-refractivity contribution is 0.492. The quantitative estimate of drug-likeness (QED) is 0.760. The van der Waals surface area contributed by atoms with Crippen molar-refractivity contribution in [1.82, 2.24) is 5.32 Å². The third-order valence-corrected chi connectivity index (χ3v) is 3.29. The topological polar surface area (TPSA) is 12.0 Å². The maximum absolute atomic E-state index is 13.0. The Bertz CT molecular complexity index is 335. The zero-order valence-corrected chi connectivity index (χ0v) is 8.68. The fraction of sp³-hybridized carbons (Fsp3) is 0.500. The van der Waals surface area contributed by atoms with Gasteiger partial charge in [-0.3, -0.25) is 0 Å². The molecule has 0 fully saturated rings. The first kappa shape index (κ1) is 9.66. The van der Waals surface area contributed by atoms with E-state index < -0.39 is 0 Å². The number of aryl methyl sites for hydroxylation is 1. The minimum Gasteiger partial charge on any atom is -0.317 e. The van der Waals surface area contributed by atoms with Crippen LogP contribution >= 0.6 is 0 Å². The van der Waals surface area contributed by atoms with Crippen LogP contribution in [0.3, 0.4) is 0 Å². The fourth-order valence-corrected chi connectivity index (χ4v) is 2.34. The van der Waals surface area contributed by atoms with Gasteiger partial charge in [-0.1, -0.05) is 6.07 Å². The highest BCUT2D eigenvalue weighted by Gasteiger charge is 2.26. The Morgan fingerprint density at radius 3 is 3.00 bits per heavy atom. The van der Waals surface area contributed by atoms with Crippen LogP contribution in [0.15, 0.2) is 18.2 Å². The van der Waals surface area contributed by atoms with Crippen molar-refractivity contribution < 1.29 is 4.39 Å². The first-order valence-electron chi connectivity index (χ1n) is 5.18. The van der Waals surface area contributed by atoms with E-state index in [4.69, 9.17) is 0 Å². The van der Waals surface area contributed by atoms with E-state index in [1.54, 1.807) is 12.1 Å². The third-order valence-electron chi connectivity index (χ3n) is 3.29. The minimum atomic E-state index is -0.110. The maximum atomic E-state index is 13.0. The van der Waals surface area contributed by atoms with Crippen molar-refractivity contribution in [1.29, 1.82) is 0 Å². The maximum Gasteiger partial charge on any atom is 0.123 e. The van der Waals surface area contributed by atoms with Gasteiger partial charge in [-0.25, -0.2) is 4.39 Å². The molecule has 1 aliphatic carbocycles. The molecule has 0 radical (unpaired) electrons. The van der Waals surface area contributed by atoms with E-state index in [0.29, 0.717) is 12.0 Å². The van der Waals surface area contributed by atoms with Crippen molar-refractivity contribution in [3.8, 4) is 0 Å². The first-order valence-corrected chi connectivity index (χ1v) is 5.18. The minimum absolute atomic E-state index is 0.110. The summed E-state index contributed by atoms with van der Waals surface area (Å²) in [6.45, 7) is 2.18. The molecule has 2 atom stereocenters. The largest absolute Gasteiger partial charge is 0.317 e. The zero-order chi connectivity index (χ0) is 10.1. The first-order chi connectivity index (χ1) is 6.72. The molecule has 0 aromatic heterocycles. The standard InChI is InChI=1S/C12H16FN/c1-8(14-2)11-5-3-9-7-10(13)4-6-12(9)11/h4,6-8,11,14H,3,5H2,1-2H3. The lowest BCUT2D eigenvalue weighted by Crippen LogP contribution is -2.27. The SMILES string of the molecule is CNC(C)C1CCc2cc(F)ccc21. The molecule has 2 heteroatoms. The molecule has 1 N–H and O–H groups in total. The number of fused-ring (bicyclic) bond motifs is 1. The van der Waals surface area contributed by atoms with Crippen molar-refractivity contribution in [2.75, 3.05) is 7.05 Å². The van der Waals surface area contributed by atoms with E-state index >= 15 is 0 Å². The Morgan fingerprint density at radius 2 is 2.29 bits per heavy atom. The molecule has 2 unspecified atom stereocenters. The summed E-state index contributed by atoms with van der Waals surface area (Å²) in [5, 5.41) is 3.27. The van der Waals surface area contributed by atoms with E-state index in [9.17, 15) is 4.39 Å². The summed E-state index contributed by atoms with van der Waals surface area (Å²) in [6, 6.07) is 5.66. The molecule has 0 bridgehead atoms. The molecule has 1 aromatic rings. The van der Waals surface area contributed by atoms with E-state index in [0.717, 1.165) is 12.8 Å². The van der Waals surface area contributed by atoms with Crippen LogP contribution < -0.4 is 5.32 Å². The van der Waals surface area contributed by atoms with Crippen molar-refractivity contribution in [3.05, 3.63) is 35.1 Å². The summed E-state index contributed by atoms with van der Waals surface area (Å²) in [5.41, 5.74) is 2.52. The Morgan fingerprint density at radius 1 is 1.50 bits per heavy atom. The summed E-state index contributed by atoms with van der Waals surface area (Å²) in [4.78, 5) is 0. The Kier molecular flexibility index (Phi) is 2.55. The van der Waals surface area contributed by atoms with Gasteiger partial charge in [-0.15, -0.1) is 0 Å². The molecule has 76 valence electrons. The second kappa shape index (κ2) is 3.70. The van der Waals surface area contributed by atoms with Gasteiger partial charge in [-0.05, 0) is 56.0 Å². The van der Waals surface area contributed by atoms with Crippen LogP contribution in [-0.2, 0) is 6.42 Å². The van der Waals surface area contributed by atoms with Gasteiger partial charge in [0.05, 0.1) is 0 Å². The van der Waals surface area contributed by atoms with Crippen LogP contribution in [0, 0.1) is 5.82 Å². The lowest BCUT2D eigenvalue weighted by Gasteiger charge is -2.19. The van der Waals surface area contributed by atoms with E-state index in [1.165, 1.54) is 11.1 Å². The average Bonchev–Trinajstić information content (AvgIpc) is 2.59. The zero-order valence-electron chi connectivity index (χ0n) is 8.68. The van der Waals surface area contributed by atoms with Crippen LogP contribution in [0.2, 0.25) is 0 Å². The molecule has 0 aliphatic heterocycles. The predicted octanol–water partition coefficient (Wildman–Crippen LogP) is 2.46. The average molecular weight is 193 g/mol. The van der Waals surface area contributed by atoms with Crippen LogP contribution in [0.1, 0.15) is 30.4 Å². The highest BCUT2D eigenvalue weighted by atomic mass is 19.1. The van der Waals surface area contributed by atoms with Gasteiger partial charge >= 0.3 is 0 Å². The summed E-state index contributed by atoms with van der Waals surface area (Å²) < 4.78 is 13.0. The number of benzene rings is 1. The van der Waals surface area contributed by atoms with Gasteiger partial charge in [0.1, 0.15) is 5.82 Å². The van der Waals surface area contributed by atoms with Gasteiger partial charge in [-0.2, -0.15) is 0 Å². The fourth-order valence-electron chi connectivity index (χ4n) is 2.34. The van der Waals surface area contributed by atoms with E-state index in [1.807, 2.05) is 13.1 Å². The summed E-state index contributed by atoms with van der Waals surface area (Å²) in [6.07, 6.45) is 2.16. The predicted molar refractivity (Wildman–Crippen MR) is 56.0 cm³/mol. The molecular weight excluding hydrogens is 177 g/mol. The van der Waals surface area contributed by atoms with Gasteiger partial charge in [0.25, 0.3) is 0 Å². The van der Waals surface area contributed by atoms with E-state index in [2.05, 4.69) is 12.2 Å². The van der Waals surface area contributed by atoms with Gasteiger partial charge in [0.15, 0.2) is 0 Å². The van der Waals surface area contributed by atoms with Crippen molar-refractivity contribution in [2.24, 2.45) is 0 Å². The molecular formula is C12H16FN. The van der Waals surface area contributed by atoms with Crippen molar-refractivity contribution in [3.63, 3.8) is 0 Å². The number of nitrogens with one attached hydrogen (secondary N) is 1. The number of hydrogen-bond donors (Lipinski definition) is 1. The Hall–Kier alpha value is -0.890. The molecule has 0 spiro atoms. The van der Waals surface area contributed by atoms with Crippen LogP contribution in [0.5, 0.6) is 0 Å². The lowest BCUT2D eigenvalue weighted by atomic mass is 9.94. The normalized spacial score (nSPS) is 22.1. The van der Waals surface area contributed by atoms with Gasteiger partial charge in [0.2, 0.25) is 0 Å². The summed E-state index contributed by atoms with van der Waals surface area (Å²) in [7, 11) is 1.98. The highest BCUT2D eigenvalue weighted by molar-refractivity contribution is 5.36.